The molecule has 0 saturated heterocycles. The summed E-state index contributed by atoms with van der Waals surface area (Å²) in [7, 11) is 0. The minimum Gasteiger partial charge on any atom is -0.476 e. The molecule has 2 aromatic carbocycles. The Bertz CT molecular complexity index is 967. The molecule has 1 amide bonds. The average Bonchev–Trinajstić information content (AvgIpc) is 3.01. The van der Waals surface area contributed by atoms with E-state index >= 15 is 0 Å². The van der Waals surface area contributed by atoms with Gasteiger partial charge in [0.2, 0.25) is 0 Å². The Morgan fingerprint density at radius 2 is 1.88 bits per heavy atom. The fourth-order valence-electron chi connectivity index (χ4n) is 2.64. The van der Waals surface area contributed by atoms with E-state index in [0.29, 0.717) is 11.1 Å². The lowest BCUT2D eigenvalue weighted by Crippen LogP contribution is -2.16. The number of benzene rings is 2. The van der Waals surface area contributed by atoms with E-state index in [2.05, 4.69) is 10.4 Å². The molecule has 3 aromatic rings. The number of anilines is 1. The molecule has 0 aliphatic rings. The van der Waals surface area contributed by atoms with Gasteiger partial charge in [0, 0.05) is 17.7 Å². The zero-order valence-electron chi connectivity index (χ0n) is 13.9. The molecule has 0 aliphatic heterocycles. The smallest absolute Gasteiger partial charge is 0.356 e. The van der Waals surface area contributed by atoms with E-state index < -0.39 is 17.7 Å². The van der Waals surface area contributed by atoms with E-state index in [0.717, 1.165) is 0 Å². The molecule has 0 bridgehead atoms. The van der Waals surface area contributed by atoms with Crippen molar-refractivity contribution in [1.82, 2.24) is 9.78 Å². The SMILES string of the molecule is CCn1nc(-c2cccc(F)c2)c(NC(=O)c2ccccc2)c1C(=O)O. The van der Waals surface area contributed by atoms with Crippen LogP contribution in [0.2, 0.25) is 0 Å². The molecular formula is C19H16FN3O3. The molecule has 26 heavy (non-hydrogen) atoms. The predicted octanol–water partition coefficient (Wildman–Crippen LogP) is 3.66. The van der Waals surface area contributed by atoms with E-state index in [-0.39, 0.29) is 23.6 Å². The van der Waals surface area contributed by atoms with Crippen LogP contribution in [0.25, 0.3) is 11.3 Å². The van der Waals surface area contributed by atoms with E-state index in [4.69, 9.17) is 0 Å². The summed E-state index contributed by atoms with van der Waals surface area (Å²) in [5, 5.41) is 16.5. The van der Waals surface area contributed by atoms with Crippen LogP contribution in [0.4, 0.5) is 10.1 Å². The molecule has 2 N–H and O–H groups in total. The number of halogens is 1. The summed E-state index contributed by atoms with van der Waals surface area (Å²) in [6.45, 7) is 2.02. The standard InChI is InChI=1S/C19H16FN3O3/c1-2-23-17(19(25)26)16(21-18(24)12-7-4-3-5-8-12)15(22-23)13-9-6-10-14(20)11-13/h3-11H,2H2,1H3,(H,21,24)(H,25,26). The van der Waals surface area contributed by atoms with Crippen molar-refractivity contribution in [2.24, 2.45) is 0 Å². The normalized spacial score (nSPS) is 10.5. The number of carboxylic acid groups (broad SMARTS) is 1. The molecule has 0 radical (unpaired) electrons. The first-order valence-corrected chi connectivity index (χ1v) is 7.97. The van der Waals surface area contributed by atoms with Crippen LogP contribution >= 0.6 is 0 Å². The number of aromatic nitrogens is 2. The maximum atomic E-state index is 13.6. The molecule has 0 spiro atoms. The number of carbonyl (C=O) groups is 2. The van der Waals surface area contributed by atoms with Gasteiger partial charge >= 0.3 is 5.97 Å². The van der Waals surface area contributed by atoms with Crippen molar-refractivity contribution < 1.29 is 19.1 Å². The van der Waals surface area contributed by atoms with Crippen molar-refractivity contribution >= 4 is 17.6 Å². The highest BCUT2D eigenvalue weighted by molar-refractivity contribution is 6.09. The van der Waals surface area contributed by atoms with Gasteiger partial charge in [-0.3, -0.25) is 9.48 Å². The second kappa shape index (κ2) is 7.18. The third-order valence-corrected chi connectivity index (χ3v) is 3.83. The minimum atomic E-state index is -1.23. The Balaban J connectivity index is 2.13. The molecule has 7 heteroatoms. The average molecular weight is 353 g/mol. The lowest BCUT2D eigenvalue weighted by Gasteiger charge is -2.08. The first-order chi connectivity index (χ1) is 12.5. The summed E-state index contributed by atoms with van der Waals surface area (Å²) in [6, 6.07) is 14.0. The third kappa shape index (κ3) is 3.32. The highest BCUT2D eigenvalue weighted by Gasteiger charge is 2.25. The maximum Gasteiger partial charge on any atom is 0.356 e. The van der Waals surface area contributed by atoms with Gasteiger partial charge in [0.1, 0.15) is 17.2 Å². The first-order valence-electron chi connectivity index (χ1n) is 7.97. The summed E-state index contributed by atoms with van der Waals surface area (Å²) < 4.78 is 14.9. The molecular weight excluding hydrogens is 337 g/mol. The number of nitrogens with one attached hydrogen (secondary N) is 1. The zero-order chi connectivity index (χ0) is 18.7. The zero-order valence-corrected chi connectivity index (χ0v) is 13.9. The Kier molecular flexibility index (Phi) is 4.79. The lowest BCUT2D eigenvalue weighted by atomic mass is 10.1. The van der Waals surface area contributed by atoms with Crippen molar-refractivity contribution in [1.29, 1.82) is 0 Å². The minimum absolute atomic E-state index is 0.0406. The van der Waals surface area contributed by atoms with Gasteiger partial charge in [-0.1, -0.05) is 30.3 Å². The van der Waals surface area contributed by atoms with Crippen LogP contribution < -0.4 is 5.32 Å². The van der Waals surface area contributed by atoms with Crippen LogP contribution in [-0.2, 0) is 6.54 Å². The second-order valence-corrected chi connectivity index (χ2v) is 5.52. The highest BCUT2D eigenvalue weighted by atomic mass is 19.1. The monoisotopic (exact) mass is 353 g/mol. The van der Waals surface area contributed by atoms with Crippen molar-refractivity contribution in [3.05, 3.63) is 71.7 Å². The Morgan fingerprint density at radius 3 is 2.50 bits per heavy atom. The molecule has 0 saturated carbocycles. The quantitative estimate of drug-likeness (QED) is 0.733. The van der Waals surface area contributed by atoms with Gasteiger partial charge in [-0.15, -0.1) is 0 Å². The molecule has 0 aliphatic carbocycles. The van der Waals surface area contributed by atoms with Gasteiger partial charge in [0.05, 0.1) is 0 Å². The van der Waals surface area contributed by atoms with Crippen molar-refractivity contribution in [2.75, 3.05) is 5.32 Å². The van der Waals surface area contributed by atoms with Gasteiger partial charge in [-0.2, -0.15) is 5.10 Å². The number of carboxylic acids is 1. The van der Waals surface area contributed by atoms with Crippen molar-refractivity contribution in [3.63, 3.8) is 0 Å². The van der Waals surface area contributed by atoms with Crippen molar-refractivity contribution in [3.8, 4) is 11.3 Å². The Hall–Kier alpha value is -3.48. The summed E-state index contributed by atoms with van der Waals surface area (Å²) in [5.41, 5.74) is 0.837. The number of carbonyl (C=O) groups excluding carboxylic acids is 1. The number of rotatable bonds is 5. The fraction of sp³-hybridized carbons (Fsp3) is 0.105. The Labute approximate surface area is 148 Å². The van der Waals surface area contributed by atoms with Crippen LogP contribution in [0.1, 0.15) is 27.8 Å². The van der Waals surface area contributed by atoms with Gasteiger partial charge in [-0.25, -0.2) is 9.18 Å². The summed E-state index contributed by atoms with van der Waals surface area (Å²) in [6.07, 6.45) is 0. The molecule has 3 rings (SSSR count). The van der Waals surface area contributed by atoms with Crippen LogP contribution in [0.3, 0.4) is 0 Å². The van der Waals surface area contributed by atoms with Gasteiger partial charge < -0.3 is 10.4 Å². The number of hydrogen-bond acceptors (Lipinski definition) is 3. The number of hydrogen-bond donors (Lipinski definition) is 2. The van der Waals surface area contributed by atoms with Crippen molar-refractivity contribution in [2.45, 2.75) is 13.5 Å². The number of amides is 1. The van der Waals surface area contributed by atoms with Gasteiger partial charge in [0.25, 0.3) is 5.91 Å². The molecule has 1 aromatic heterocycles. The molecule has 1 heterocycles. The summed E-state index contributed by atoms with van der Waals surface area (Å²) in [4.78, 5) is 24.3. The van der Waals surface area contributed by atoms with E-state index in [1.54, 1.807) is 43.3 Å². The molecule has 0 fully saturated rings. The largest absolute Gasteiger partial charge is 0.476 e. The fourth-order valence-corrected chi connectivity index (χ4v) is 2.64. The lowest BCUT2D eigenvalue weighted by molar-refractivity contribution is 0.0684. The number of nitrogens with zero attached hydrogens (tertiary/aromatic N) is 2. The number of aryl methyl sites for hydroxylation is 1. The molecule has 132 valence electrons. The number of aromatic carboxylic acids is 1. The second-order valence-electron chi connectivity index (χ2n) is 5.52. The summed E-state index contributed by atoms with van der Waals surface area (Å²) >= 11 is 0. The van der Waals surface area contributed by atoms with Gasteiger partial charge in [0.15, 0.2) is 5.69 Å². The van der Waals surface area contributed by atoms with E-state index in [9.17, 15) is 19.1 Å². The maximum absolute atomic E-state index is 13.6. The molecule has 0 atom stereocenters. The van der Waals surface area contributed by atoms with Crippen LogP contribution in [-0.4, -0.2) is 26.8 Å². The van der Waals surface area contributed by atoms with Crippen LogP contribution in [0.5, 0.6) is 0 Å². The van der Waals surface area contributed by atoms with Gasteiger partial charge in [-0.05, 0) is 31.2 Å². The Morgan fingerprint density at radius 1 is 1.15 bits per heavy atom. The van der Waals surface area contributed by atoms with Crippen LogP contribution in [0, 0.1) is 5.82 Å². The molecule has 6 nitrogen and oxygen atoms in total. The van der Waals surface area contributed by atoms with E-state index in [1.165, 1.54) is 22.9 Å². The third-order valence-electron chi connectivity index (χ3n) is 3.83. The van der Waals surface area contributed by atoms with Crippen LogP contribution in [0.15, 0.2) is 54.6 Å². The van der Waals surface area contributed by atoms with E-state index in [1.807, 2.05) is 0 Å². The predicted molar refractivity (Wildman–Crippen MR) is 94.6 cm³/mol. The first kappa shape index (κ1) is 17.3. The summed E-state index contributed by atoms with van der Waals surface area (Å²) in [5.74, 6) is -2.18. The highest BCUT2D eigenvalue weighted by Crippen LogP contribution is 2.31. The topological polar surface area (TPSA) is 84.2 Å². The molecule has 0 unspecified atom stereocenters.